The number of anilines is 1. The first-order chi connectivity index (χ1) is 12.6. The van der Waals surface area contributed by atoms with E-state index in [1.54, 1.807) is 42.5 Å². The lowest BCUT2D eigenvalue weighted by atomic mass is 10.1. The van der Waals surface area contributed by atoms with Crippen molar-refractivity contribution < 1.29 is 8.98 Å². The number of fused-ring (bicyclic) bond motifs is 3. The highest BCUT2D eigenvalue weighted by molar-refractivity contribution is 7.75. The van der Waals surface area contributed by atoms with Crippen molar-refractivity contribution in [2.75, 3.05) is 5.73 Å². The summed E-state index contributed by atoms with van der Waals surface area (Å²) in [5.41, 5.74) is 7.95. The molecule has 0 unspecified atom stereocenters. The van der Waals surface area contributed by atoms with E-state index in [-0.39, 0.29) is 23.7 Å². The quantitative estimate of drug-likeness (QED) is 0.422. The number of nitrogen functional groups attached to an aromatic ring is 1. The summed E-state index contributed by atoms with van der Waals surface area (Å²) in [4.78, 5) is 29.0. The predicted molar refractivity (Wildman–Crippen MR) is 99.1 cm³/mol. The summed E-state index contributed by atoms with van der Waals surface area (Å²) in [5.74, 6) is -0.449. The minimum Gasteiger partial charge on any atom is -0.391 e. The molecule has 26 heavy (non-hydrogen) atoms. The number of nitrogens with zero attached hydrogens (tertiary/aromatic N) is 4. The number of hydrogen-bond donors (Lipinski definition) is 2. The minimum absolute atomic E-state index is 0.0767. The molecule has 2 aromatic heterocycles. The molecule has 0 atom stereocenters. The summed E-state index contributed by atoms with van der Waals surface area (Å²) in [7, 11) is 0. The molecule has 130 valence electrons. The van der Waals surface area contributed by atoms with Crippen LogP contribution in [-0.4, -0.2) is 25.1 Å². The lowest BCUT2D eigenvalue weighted by Crippen LogP contribution is -2.23. The van der Waals surface area contributed by atoms with Gasteiger partial charge in [-0.25, -0.2) is 23.7 Å². The molecule has 0 aliphatic heterocycles. The average molecular weight is 367 g/mol. The van der Waals surface area contributed by atoms with Crippen LogP contribution in [0.3, 0.4) is 0 Å². The normalized spacial score (nSPS) is 11.1. The Kier molecular flexibility index (Phi) is 3.85. The molecule has 8 nitrogen and oxygen atoms in total. The van der Waals surface area contributed by atoms with Crippen LogP contribution in [0.15, 0.2) is 53.3 Å². The molecule has 0 fully saturated rings. The highest BCUT2D eigenvalue weighted by atomic mass is 32.1. The summed E-state index contributed by atoms with van der Waals surface area (Å²) in [5, 5.41) is 4.29. The second-order valence-electron chi connectivity index (χ2n) is 5.62. The highest BCUT2D eigenvalue weighted by Gasteiger charge is 2.17. The second kappa shape index (κ2) is 6.19. The zero-order chi connectivity index (χ0) is 18.3. The number of rotatable bonds is 3. The zero-order valence-corrected chi connectivity index (χ0v) is 14.3. The molecular weight excluding hydrogens is 354 g/mol. The lowest BCUT2D eigenvalue weighted by molar-refractivity contribution is 0.0771. The van der Waals surface area contributed by atoms with Gasteiger partial charge < -0.3 is 9.92 Å². The molecule has 0 saturated heterocycles. The van der Waals surface area contributed by atoms with Gasteiger partial charge in [0.25, 0.3) is 0 Å². The van der Waals surface area contributed by atoms with E-state index >= 15 is 0 Å². The van der Waals surface area contributed by atoms with Gasteiger partial charge in [0.05, 0.1) is 23.1 Å². The molecule has 2 aromatic carbocycles. The van der Waals surface area contributed by atoms with Gasteiger partial charge in [0.2, 0.25) is 5.65 Å². The second-order valence-corrected chi connectivity index (χ2v) is 5.80. The van der Waals surface area contributed by atoms with Gasteiger partial charge in [0, 0.05) is 12.9 Å². The summed E-state index contributed by atoms with van der Waals surface area (Å²) in [6, 6.07) is 13.9. The predicted octanol–water partition coefficient (Wildman–Crippen LogP) is 1.68. The van der Waals surface area contributed by atoms with Gasteiger partial charge in [-0.3, -0.25) is 0 Å². The lowest BCUT2D eigenvalue weighted by Gasteiger charge is -2.06. The Labute approximate surface area is 152 Å². The Balaban J connectivity index is 1.91. The molecule has 0 radical (unpaired) electrons. The van der Waals surface area contributed by atoms with Gasteiger partial charge in [0.15, 0.2) is 5.82 Å². The molecule has 4 aromatic rings. The van der Waals surface area contributed by atoms with E-state index in [4.69, 9.17) is 5.73 Å². The van der Waals surface area contributed by atoms with E-state index in [0.29, 0.717) is 22.2 Å². The number of nitrogens with two attached hydrogens (primary N) is 1. The monoisotopic (exact) mass is 367 g/mol. The van der Waals surface area contributed by atoms with Gasteiger partial charge in [-0.1, -0.05) is 30.3 Å². The third kappa shape index (κ3) is 2.49. The van der Waals surface area contributed by atoms with Crippen LogP contribution in [-0.2, 0) is 10.7 Å². The number of benzene rings is 2. The molecule has 0 spiro atoms. The summed E-state index contributed by atoms with van der Waals surface area (Å²) >= 11 is 3.55. The van der Waals surface area contributed by atoms with Crippen LogP contribution in [0.1, 0.15) is 15.9 Å². The molecule has 2 heterocycles. The largest absolute Gasteiger partial charge is 0.391 e. The first-order valence-electron chi connectivity index (χ1n) is 7.67. The van der Waals surface area contributed by atoms with Crippen molar-refractivity contribution in [1.29, 1.82) is 0 Å². The Morgan fingerprint density at radius 3 is 2.69 bits per heavy atom. The fraction of sp³-hybridized carbons (Fsp3) is 0.0588. The fourth-order valence-electron chi connectivity index (χ4n) is 2.89. The molecule has 9 heteroatoms. The van der Waals surface area contributed by atoms with Crippen molar-refractivity contribution in [3.63, 3.8) is 0 Å². The third-order valence-electron chi connectivity index (χ3n) is 4.07. The van der Waals surface area contributed by atoms with E-state index < -0.39 is 5.97 Å². The van der Waals surface area contributed by atoms with Crippen LogP contribution in [0.25, 0.3) is 16.7 Å². The summed E-state index contributed by atoms with van der Waals surface area (Å²) in [6.45, 7) is 0.0767. The minimum atomic E-state index is -0.604. The van der Waals surface area contributed by atoms with Crippen molar-refractivity contribution in [2.45, 2.75) is 6.54 Å². The Hall–Kier alpha value is -3.33. The van der Waals surface area contributed by atoms with Crippen LogP contribution in [0.2, 0.25) is 0 Å². The van der Waals surface area contributed by atoms with E-state index in [9.17, 15) is 9.59 Å². The molecular formula is C17H13N5O3S. The van der Waals surface area contributed by atoms with Crippen LogP contribution in [0.5, 0.6) is 0 Å². The SMILES string of the molecule is Nc1nc2ccccc2n2c(=O)n(Cc3ccccc3C(=O)OS)nc12. The number of aromatic nitrogens is 4. The Morgan fingerprint density at radius 2 is 1.88 bits per heavy atom. The number of carbonyl (C=O) groups is 1. The topological polar surface area (TPSA) is 105 Å². The molecule has 2 N–H and O–H groups in total. The summed E-state index contributed by atoms with van der Waals surface area (Å²) < 4.78 is 7.15. The molecule has 0 amide bonds. The van der Waals surface area contributed by atoms with E-state index in [1.165, 1.54) is 9.08 Å². The van der Waals surface area contributed by atoms with Crippen LogP contribution in [0.4, 0.5) is 5.82 Å². The van der Waals surface area contributed by atoms with Gasteiger partial charge in [-0.05, 0) is 23.8 Å². The van der Waals surface area contributed by atoms with E-state index in [2.05, 4.69) is 27.2 Å². The Morgan fingerprint density at radius 1 is 1.15 bits per heavy atom. The third-order valence-corrected chi connectivity index (χ3v) is 4.24. The number of carbonyl (C=O) groups excluding carboxylic acids is 1. The first-order valence-corrected chi connectivity index (χ1v) is 8.04. The maximum atomic E-state index is 12.9. The number of hydrogen-bond acceptors (Lipinski definition) is 7. The number of para-hydroxylation sites is 2. The van der Waals surface area contributed by atoms with Crippen LogP contribution in [0, 0.1) is 0 Å². The van der Waals surface area contributed by atoms with Crippen molar-refractivity contribution in [3.05, 3.63) is 70.1 Å². The van der Waals surface area contributed by atoms with Crippen molar-refractivity contribution >= 4 is 41.4 Å². The van der Waals surface area contributed by atoms with Gasteiger partial charge >= 0.3 is 11.7 Å². The first kappa shape index (κ1) is 16.2. The fourth-order valence-corrected chi connectivity index (χ4v) is 2.99. The maximum absolute atomic E-state index is 12.9. The molecule has 0 bridgehead atoms. The van der Waals surface area contributed by atoms with Gasteiger partial charge in [-0.15, -0.1) is 5.10 Å². The van der Waals surface area contributed by atoms with E-state index in [0.717, 1.165) is 0 Å². The average Bonchev–Trinajstić information content (AvgIpc) is 2.99. The van der Waals surface area contributed by atoms with Crippen LogP contribution >= 0.6 is 12.9 Å². The van der Waals surface area contributed by atoms with Crippen molar-refractivity contribution in [1.82, 2.24) is 19.2 Å². The zero-order valence-electron chi connectivity index (χ0n) is 13.4. The highest BCUT2D eigenvalue weighted by Crippen LogP contribution is 2.17. The van der Waals surface area contributed by atoms with Crippen molar-refractivity contribution in [2.24, 2.45) is 0 Å². The van der Waals surface area contributed by atoms with Crippen LogP contribution < -0.4 is 11.4 Å². The standard InChI is InChI=1S/C17H13N5O3S/c18-14-15-20-21(9-10-5-1-2-6-11(10)16(23)25-26)17(24)22(15)13-8-4-3-7-12(13)19-14/h1-8,26H,9H2,(H2,18,19). The van der Waals surface area contributed by atoms with Crippen molar-refractivity contribution in [3.8, 4) is 0 Å². The maximum Gasteiger partial charge on any atom is 0.351 e. The smallest absolute Gasteiger partial charge is 0.351 e. The van der Waals surface area contributed by atoms with Gasteiger partial charge in [-0.2, -0.15) is 0 Å². The molecule has 0 aliphatic carbocycles. The van der Waals surface area contributed by atoms with Gasteiger partial charge in [0.1, 0.15) is 0 Å². The number of thiol groups is 1. The van der Waals surface area contributed by atoms with E-state index in [1.807, 2.05) is 6.07 Å². The molecule has 0 saturated carbocycles. The Bertz CT molecular complexity index is 1210. The summed E-state index contributed by atoms with van der Waals surface area (Å²) in [6.07, 6.45) is 0. The molecule has 0 aliphatic rings. The molecule has 4 rings (SSSR count).